The predicted octanol–water partition coefficient (Wildman–Crippen LogP) is 2.79. The molecule has 0 aromatic heterocycles. The molecule has 0 aromatic carbocycles. The molecular formula is C11H15N. The van der Waals surface area contributed by atoms with Crippen molar-refractivity contribution in [1.82, 2.24) is 0 Å². The van der Waals surface area contributed by atoms with Crippen molar-refractivity contribution >= 4 is 5.71 Å². The second-order valence-electron chi connectivity index (χ2n) is 3.95. The van der Waals surface area contributed by atoms with Crippen LogP contribution >= 0.6 is 0 Å². The molecule has 1 saturated carbocycles. The molecule has 0 bridgehead atoms. The fraction of sp³-hybridized carbons (Fsp3) is 0.545. The lowest BCUT2D eigenvalue weighted by Gasteiger charge is -2.44. The molecule has 0 aliphatic heterocycles. The van der Waals surface area contributed by atoms with E-state index in [1.54, 1.807) is 0 Å². The highest BCUT2D eigenvalue weighted by Crippen LogP contribution is 2.46. The Morgan fingerprint density at radius 2 is 2.33 bits per heavy atom. The molecule has 0 aromatic rings. The molecule has 1 N–H and O–H groups in total. The Kier molecular flexibility index (Phi) is 1.67. The standard InChI is InChI=1S/C11H15N/c1-3-8-7(2)6-11(12)10-5-4-9(8)10/h3,6,8-10,12H,1,4-5H2,2H3. The summed E-state index contributed by atoms with van der Waals surface area (Å²) in [6.07, 6.45) is 6.59. The van der Waals surface area contributed by atoms with Gasteiger partial charge >= 0.3 is 0 Å². The van der Waals surface area contributed by atoms with E-state index in [1.807, 2.05) is 6.08 Å². The summed E-state index contributed by atoms with van der Waals surface area (Å²) in [5.74, 6) is 1.81. The van der Waals surface area contributed by atoms with Gasteiger partial charge in [0.1, 0.15) is 0 Å². The largest absolute Gasteiger partial charge is 0.305 e. The van der Waals surface area contributed by atoms with Crippen LogP contribution in [0.3, 0.4) is 0 Å². The minimum atomic E-state index is 0.552. The molecule has 0 radical (unpaired) electrons. The average Bonchev–Trinajstić information content (AvgIpc) is 1.94. The van der Waals surface area contributed by atoms with Gasteiger partial charge in [0, 0.05) is 17.5 Å². The van der Waals surface area contributed by atoms with Crippen LogP contribution in [-0.2, 0) is 0 Å². The van der Waals surface area contributed by atoms with Gasteiger partial charge < -0.3 is 5.41 Å². The normalized spacial score (nSPS) is 39.6. The summed E-state index contributed by atoms with van der Waals surface area (Å²) in [6.45, 7) is 5.99. The SMILES string of the molecule is C=CC1C(C)=CC(=N)C2CCC12. The van der Waals surface area contributed by atoms with Crippen molar-refractivity contribution in [3.63, 3.8) is 0 Å². The van der Waals surface area contributed by atoms with Gasteiger partial charge in [-0.3, -0.25) is 0 Å². The van der Waals surface area contributed by atoms with Crippen LogP contribution in [0.2, 0.25) is 0 Å². The zero-order valence-corrected chi connectivity index (χ0v) is 7.51. The van der Waals surface area contributed by atoms with Crippen LogP contribution in [0.4, 0.5) is 0 Å². The highest BCUT2D eigenvalue weighted by Gasteiger charge is 2.40. The number of hydrogen-bond acceptors (Lipinski definition) is 1. The smallest absolute Gasteiger partial charge is 0.0347 e. The zero-order valence-electron chi connectivity index (χ0n) is 7.51. The topological polar surface area (TPSA) is 23.9 Å². The van der Waals surface area contributed by atoms with E-state index in [9.17, 15) is 0 Å². The lowest BCUT2D eigenvalue weighted by Crippen LogP contribution is -2.40. The molecule has 2 aliphatic carbocycles. The summed E-state index contributed by atoms with van der Waals surface area (Å²) in [5, 5.41) is 7.76. The summed E-state index contributed by atoms with van der Waals surface area (Å²) in [5.41, 5.74) is 2.18. The molecule has 1 fully saturated rings. The van der Waals surface area contributed by atoms with Crippen molar-refractivity contribution in [3.8, 4) is 0 Å². The average molecular weight is 161 g/mol. The van der Waals surface area contributed by atoms with E-state index in [0.717, 1.165) is 5.71 Å². The molecular weight excluding hydrogens is 146 g/mol. The summed E-state index contributed by atoms with van der Waals surface area (Å²) >= 11 is 0. The molecule has 0 saturated heterocycles. The molecule has 0 heterocycles. The lowest BCUT2D eigenvalue weighted by molar-refractivity contribution is 0.198. The summed E-state index contributed by atoms with van der Waals surface area (Å²) < 4.78 is 0. The Bertz CT molecular complexity index is 262. The Labute approximate surface area is 73.7 Å². The number of nitrogens with one attached hydrogen (secondary N) is 1. The quantitative estimate of drug-likeness (QED) is 0.572. The third kappa shape index (κ3) is 0.889. The Morgan fingerprint density at radius 1 is 1.58 bits per heavy atom. The Morgan fingerprint density at radius 3 is 2.83 bits per heavy atom. The Balaban J connectivity index is 2.31. The van der Waals surface area contributed by atoms with Gasteiger partial charge in [0.25, 0.3) is 0 Å². The van der Waals surface area contributed by atoms with Gasteiger partial charge in [-0.2, -0.15) is 0 Å². The number of allylic oxidation sites excluding steroid dienone is 3. The van der Waals surface area contributed by atoms with Gasteiger partial charge in [0.05, 0.1) is 0 Å². The van der Waals surface area contributed by atoms with Crippen molar-refractivity contribution in [3.05, 3.63) is 24.3 Å². The van der Waals surface area contributed by atoms with Gasteiger partial charge in [-0.05, 0) is 31.8 Å². The van der Waals surface area contributed by atoms with E-state index in [-0.39, 0.29) is 0 Å². The van der Waals surface area contributed by atoms with Crippen LogP contribution < -0.4 is 0 Å². The summed E-state index contributed by atoms with van der Waals surface area (Å²) in [4.78, 5) is 0. The Hall–Kier alpha value is -0.850. The van der Waals surface area contributed by atoms with Gasteiger partial charge in [0.2, 0.25) is 0 Å². The molecule has 12 heavy (non-hydrogen) atoms. The third-order valence-electron chi connectivity index (χ3n) is 3.35. The third-order valence-corrected chi connectivity index (χ3v) is 3.35. The molecule has 3 unspecified atom stereocenters. The van der Waals surface area contributed by atoms with Crippen LogP contribution in [0.25, 0.3) is 0 Å². The highest BCUT2D eigenvalue weighted by molar-refractivity contribution is 5.96. The summed E-state index contributed by atoms with van der Waals surface area (Å²) in [7, 11) is 0. The van der Waals surface area contributed by atoms with E-state index < -0.39 is 0 Å². The van der Waals surface area contributed by atoms with Gasteiger partial charge in [-0.1, -0.05) is 11.6 Å². The highest BCUT2D eigenvalue weighted by atomic mass is 14.5. The monoisotopic (exact) mass is 161 g/mol. The van der Waals surface area contributed by atoms with E-state index >= 15 is 0 Å². The van der Waals surface area contributed by atoms with Crippen LogP contribution in [-0.4, -0.2) is 5.71 Å². The maximum Gasteiger partial charge on any atom is 0.0347 e. The van der Waals surface area contributed by atoms with E-state index in [4.69, 9.17) is 5.41 Å². The lowest BCUT2D eigenvalue weighted by atomic mass is 9.60. The fourth-order valence-electron chi connectivity index (χ4n) is 2.49. The molecule has 3 atom stereocenters. The maximum atomic E-state index is 7.76. The number of hydrogen-bond donors (Lipinski definition) is 1. The van der Waals surface area contributed by atoms with E-state index in [2.05, 4.69) is 19.6 Å². The fourth-order valence-corrected chi connectivity index (χ4v) is 2.49. The van der Waals surface area contributed by atoms with Crippen molar-refractivity contribution in [2.45, 2.75) is 19.8 Å². The number of fused-ring (bicyclic) bond motifs is 1. The van der Waals surface area contributed by atoms with Gasteiger partial charge in [0.15, 0.2) is 0 Å². The van der Waals surface area contributed by atoms with E-state index in [0.29, 0.717) is 17.8 Å². The molecule has 0 spiro atoms. The maximum absolute atomic E-state index is 7.76. The molecule has 1 nitrogen and oxygen atoms in total. The van der Waals surface area contributed by atoms with Crippen LogP contribution in [0.5, 0.6) is 0 Å². The molecule has 2 rings (SSSR count). The second kappa shape index (κ2) is 2.58. The molecule has 0 amide bonds. The van der Waals surface area contributed by atoms with E-state index in [1.165, 1.54) is 18.4 Å². The van der Waals surface area contributed by atoms with Crippen molar-refractivity contribution in [2.75, 3.05) is 0 Å². The molecule has 64 valence electrons. The summed E-state index contributed by atoms with van der Waals surface area (Å²) in [6, 6.07) is 0. The molecule has 2 aliphatic rings. The first-order valence-electron chi connectivity index (χ1n) is 4.63. The van der Waals surface area contributed by atoms with Crippen LogP contribution in [0.1, 0.15) is 19.8 Å². The van der Waals surface area contributed by atoms with Gasteiger partial charge in [-0.25, -0.2) is 0 Å². The minimum Gasteiger partial charge on any atom is -0.305 e. The zero-order chi connectivity index (χ0) is 8.72. The number of rotatable bonds is 1. The van der Waals surface area contributed by atoms with Crippen LogP contribution in [0.15, 0.2) is 24.3 Å². The van der Waals surface area contributed by atoms with Crippen molar-refractivity contribution in [2.24, 2.45) is 17.8 Å². The van der Waals surface area contributed by atoms with Crippen molar-refractivity contribution in [1.29, 1.82) is 5.41 Å². The second-order valence-corrected chi connectivity index (χ2v) is 3.95. The first-order chi connectivity index (χ1) is 5.74. The molecule has 1 heteroatoms. The van der Waals surface area contributed by atoms with Crippen LogP contribution in [0, 0.1) is 23.2 Å². The first-order valence-corrected chi connectivity index (χ1v) is 4.63. The van der Waals surface area contributed by atoms with Gasteiger partial charge in [-0.15, -0.1) is 6.58 Å². The minimum absolute atomic E-state index is 0.552. The predicted molar refractivity (Wildman–Crippen MR) is 51.4 cm³/mol. The van der Waals surface area contributed by atoms with Crippen molar-refractivity contribution < 1.29 is 0 Å². The first kappa shape index (κ1) is 7.78.